The zero-order chi connectivity index (χ0) is 17.8. The summed E-state index contributed by atoms with van der Waals surface area (Å²) in [5.74, 6) is 0.454. The highest BCUT2D eigenvalue weighted by Crippen LogP contribution is 2.14. The average molecular weight is 340 g/mol. The fourth-order valence-corrected chi connectivity index (χ4v) is 2.54. The van der Waals surface area contributed by atoms with E-state index in [1.165, 1.54) is 0 Å². The lowest BCUT2D eigenvalue weighted by Crippen LogP contribution is -2.32. The van der Waals surface area contributed by atoms with E-state index in [-0.39, 0.29) is 24.8 Å². The van der Waals surface area contributed by atoms with Crippen LogP contribution in [-0.4, -0.2) is 50.1 Å². The van der Waals surface area contributed by atoms with Crippen molar-refractivity contribution in [3.05, 3.63) is 48.2 Å². The Kier molecular flexibility index (Phi) is 4.78. The smallest absolute Gasteiger partial charge is 0.272 e. The second-order valence-corrected chi connectivity index (χ2v) is 5.83. The lowest BCUT2D eigenvalue weighted by molar-refractivity contribution is -0.130. The normalized spacial score (nSPS) is 10.8. The number of nitrogens with one attached hydrogen (secondary N) is 2. The first-order valence-electron chi connectivity index (χ1n) is 7.97. The molecule has 130 valence electrons. The third kappa shape index (κ3) is 3.68. The molecule has 2 aromatic heterocycles. The Morgan fingerprint density at radius 3 is 2.88 bits per heavy atom. The summed E-state index contributed by atoms with van der Waals surface area (Å²) in [5.41, 5.74) is 1.14. The van der Waals surface area contributed by atoms with Gasteiger partial charge < -0.3 is 14.8 Å². The minimum atomic E-state index is -0.294. The first-order valence-corrected chi connectivity index (χ1v) is 7.97. The molecular weight excluding hydrogens is 320 g/mol. The first kappa shape index (κ1) is 16.7. The molecule has 2 heterocycles. The van der Waals surface area contributed by atoms with Gasteiger partial charge in [0, 0.05) is 44.8 Å². The number of rotatable bonds is 6. The Labute approximate surface area is 144 Å². The standard InChI is InChI=1S/C17H20N6O2/c1-22-10-9-18-14(22)11-23(2)15(24)7-8-19-17(25)16-12-5-3-4-6-13(12)20-21-16/h3-6,9-10H,7-8,11H2,1-2H3,(H,19,25)(H,20,21). The van der Waals surface area contributed by atoms with Crippen LogP contribution in [0.4, 0.5) is 0 Å². The number of amides is 2. The van der Waals surface area contributed by atoms with Crippen LogP contribution in [0.2, 0.25) is 0 Å². The number of H-pyrrole nitrogens is 1. The highest BCUT2D eigenvalue weighted by Gasteiger charge is 2.15. The van der Waals surface area contributed by atoms with Gasteiger partial charge in [-0.3, -0.25) is 14.7 Å². The summed E-state index contributed by atoms with van der Waals surface area (Å²) >= 11 is 0. The molecule has 0 aliphatic heterocycles. The van der Waals surface area contributed by atoms with Crippen LogP contribution in [0.1, 0.15) is 22.7 Å². The largest absolute Gasteiger partial charge is 0.350 e. The summed E-state index contributed by atoms with van der Waals surface area (Å²) in [5, 5.41) is 10.4. The number of aryl methyl sites for hydroxylation is 1. The number of aromatic nitrogens is 4. The van der Waals surface area contributed by atoms with E-state index < -0.39 is 0 Å². The Morgan fingerprint density at radius 2 is 2.12 bits per heavy atom. The molecule has 0 atom stereocenters. The Morgan fingerprint density at radius 1 is 1.32 bits per heavy atom. The molecule has 0 fully saturated rings. The van der Waals surface area contributed by atoms with Crippen molar-refractivity contribution >= 4 is 22.7 Å². The molecule has 0 bridgehead atoms. The van der Waals surface area contributed by atoms with Crippen LogP contribution in [0.15, 0.2) is 36.7 Å². The van der Waals surface area contributed by atoms with Crippen LogP contribution >= 0.6 is 0 Å². The molecule has 3 rings (SSSR count). The Hall–Kier alpha value is -3.16. The third-order valence-corrected chi connectivity index (χ3v) is 4.04. The highest BCUT2D eigenvalue weighted by atomic mass is 16.2. The number of nitrogens with zero attached hydrogens (tertiary/aromatic N) is 4. The summed E-state index contributed by atoms with van der Waals surface area (Å²) in [7, 11) is 3.61. The van der Waals surface area contributed by atoms with Crippen molar-refractivity contribution in [2.24, 2.45) is 7.05 Å². The molecule has 2 amide bonds. The van der Waals surface area contributed by atoms with Gasteiger partial charge in [-0.1, -0.05) is 18.2 Å². The SMILES string of the molecule is CN(Cc1nccn1C)C(=O)CCNC(=O)c1n[nH]c2ccccc12. The zero-order valence-corrected chi connectivity index (χ0v) is 14.2. The lowest BCUT2D eigenvalue weighted by atomic mass is 10.2. The molecule has 0 saturated carbocycles. The predicted octanol–water partition coefficient (Wildman–Crippen LogP) is 1.07. The van der Waals surface area contributed by atoms with Crippen molar-refractivity contribution in [1.29, 1.82) is 0 Å². The molecular formula is C17H20N6O2. The van der Waals surface area contributed by atoms with Gasteiger partial charge in [-0.05, 0) is 6.07 Å². The van der Waals surface area contributed by atoms with Gasteiger partial charge in [0.05, 0.1) is 12.1 Å². The van der Waals surface area contributed by atoms with E-state index in [0.29, 0.717) is 12.2 Å². The number of imidazole rings is 1. The van der Waals surface area contributed by atoms with Crippen LogP contribution in [0.3, 0.4) is 0 Å². The highest BCUT2D eigenvalue weighted by molar-refractivity contribution is 6.04. The Balaban J connectivity index is 1.51. The number of aromatic amines is 1. The van der Waals surface area contributed by atoms with Crippen molar-refractivity contribution in [3.63, 3.8) is 0 Å². The van der Waals surface area contributed by atoms with Gasteiger partial charge in [-0.25, -0.2) is 4.98 Å². The maximum absolute atomic E-state index is 12.2. The van der Waals surface area contributed by atoms with Crippen LogP contribution < -0.4 is 5.32 Å². The van der Waals surface area contributed by atoms with Gasteiger partial charge in [-0.15, -0.1) is 0 Å². The summed E-state index contributed by atoms with van der Waals surface area (Å²) in [4.78, 5) is 30.2. The van der Waals surface area contributed by atoms with Gasteiger partial charge >= 0.3 is 0 Å². The average Bonchev–Trinajstić information content (AvgIpc) is 3.21. The third-order valence-electron chi connectivity index (χ3n) is 4.04. The maximum Gasteiger partial charge on any atom is 0.272 e. The van der Waals surface area contributed by atoms with Crippen LogP contribution in [0.5, 0.6) is 0 Å². The lowest BCUT2D eigenvalue weighted by Gasteiger charge is -2.17. The van der Waals surface area contributed by atoms with E-state index in [2.05, 4.69) is 20.5 Å². The van der Waals surface area contributed by atoms with Gasteiger partial charge in [0.25, 0.3) is 5.91 Å². The fraction of sp³-hybridized carbons (Fsp3) is 0.294. The molecule has 0 aliphatic rings. The summed E-state index contributed by atoms with van der Waals surface area (Å²) in [6.07, 6.45) is 3.75. The second kappa shape index (κ2) is 7.16. The number of hydrogen-bond acceptors (Lipinski definition) is 4. The minimum absolute atomic E-state index is 0.0600. The second-order valence-electron chi connectivity index (χ2n) is 5.83. The molecule has 0 saturated heterocycles. The molecule has 0 aliphatic carbocycles. The summed E-state index contributed by atoms with van der Waals surface area (Å²) in [6, 6.07) is 7.41. The predicted molar refractivity (Wildman–Crippen MR) is 92.7 cm³/mol. The van der Waals surface area contributed by atoms with E-state index in [9.17, 15) is 9.59 Å². The van der Waals surface area contributed by atoms with Crippen molar-refractivity contribution in [2.45, 2.75) is 13.0 Å². The van der Waals surface area contributed by atoms with Crippen molar-refractivity contribution in [2.75, 3.05) is 13.6 Å². The Bertz CT molecular complexity index is 897. The number of hydrogen-bond donors (Lipinski definition) is 2. The zero-order valence-electron chi connectivity index (χ0n) is 14.2. The van der Waals surface area contributed by atoms with Crippen LogP contribution in [-0.2, 0) is 18.4 Å². The summed E-state index contributed by atoms with van der Waals surface area (Å²) < 4.78 is 1.87. The van der Waals surface area contributed by atoms with Crippen molar-refractivity contribution in [3.8, 4) is 0 Å². The molecule has 0 unspecified atom stereocenters. The number of para-hydroxylation sites is 1. The first-order chi connectivity index (χ1) is 12.1. The fourth-order valence-electron chi connectivity index (χ4n) is 2.54. The monoisotopic (exact) mass is 340 g/mol. The molecule has 1 aromatic carbocycles. The number of benzene rings is 1. The van der Waals surface area contributed by atoms with E-state index in [1.807, 2.05) is 42.1 Å². The molecule has 0 spiro atoms. The van der Waals surface area contributed by atoms with Crippen LogP contribution in [0, 0.1) is 0 Å². The van der Waals surface area contributed by atoms with Gasteiger partial charge in [0.15, 0.2) is 5.69 Å². The summed E-state index contributed by atoms with van der Waals surface area (Å²) in [6.45, 7) is 0.685. The van der Waals surface area contributed by atoms with Crippen molar-refractivity contribution in [1.82, 2.24) is 30.0 Å². The van der Waals surface area contributed by atoms with E-state index in [0.717, 1.165) is 16.7 Å². The maximum atomic E-state index is 12.2. The van der Waals surface area contributed by atoms with E-state index in [4.69, 9.17) is 0 Å². The van der Waals surface area contributed by atoms with Crippen LogP contribution in [0.25, 0.3) is 10.9 Å². The molecule has 8 heteroatoms. The van der Waals surface area contributed by atoms with E-state index >= 15 is 0 Å². The number of carbonyl (C=O) groups is 2. The molecule has 0 radical (unpaired) electrons. The molecule has 3 aromatic rings. The quantitative estimate of drug-likeness (QED) is 0.702. The van der Waals surface area contributed by atoms with Gasteiger partial charge in [0.2, 0.25) is 5.91 Å². The molecule has 8 nitrogen and oxygen atoms in total. The van der Waals surface area contributed by atoms with E-state index in [1.54, 1.807) is 18.1 Å². The van der Waals surface area contributed by atoms with Crippen molar-refractivity contribution < 1.29 is 9.59 Å². The molecule has 2 N–H and O–H groups in total. The topological polar surface area (TPSA) is 95.9 Å². The van der Waals surface area contributed by atoms with Gasteiger partial charge in [0.1, 0.15) is 5.82 Å². The molecule has 25 heavy (non-hydrogen) atoms. The minimum Gasteiger partial charge on any atom is -0.350 e. The van der Waals surface area contributed by atoms with Gasteiger partial charge in [-0.2, -0.15) is 5.10 Å². The number of carbonyl (C=O) groups excluding carboxylic acids is 2. The number of fused-ring (bicyclic) bond motifs is 1.